The van der Waals surface area contributed by atoms with Crippen LogP contribution in [0.1, 0.15) is 23.2 Å². The molecule has 120 valence electrons. The zero-order valence-corrected chi connectivity index (χ0v) is 12.7. The second kappa shape index (κ2) is 7.11. The molecule has 0 saturated carbocycles. The van der Waals surface area contributed by atoms with Gasteiger partial charge in [0, 0.05) is 17.9 Å². The van der Waals surface area contributed by atoms with E-state index in [-0.39, 0.29) is 17.7 Å². The number of rotatable bonds is 4. The van der Waals surface area contributed by atoms with Gasteiger partial charge in [-0.05, 0) is 43.7 Å². The van der Waals surface area contributed by atoms with E-state index in [0.29, 0.717) is 23.5 Å². The van der Waals surface area contributed by atoms with Gasteiger partial charge in [-0.15, -0.1) is 0 Å². The number of hydrogen-bond donors (Lipinski definition) is 3. The lowest BCUT2D eigenvalue weighted by Crippen LogP contribution is -2.37. The van der Waals surface area contributed by atoms with Crippen LogP contribution in [0.5, 0.6) is 0 Å². The monoisotopic (exact) mass is 313 g/mol. The van der Waals surface area contributed by atoms with Crippen LogP contribution in [0.3, 0.4) is 0 Å². The van der Waals surface area contributed by atoms with Crippen molar-refractivity contribution in [2.75, 3.05) is 23.7 Å². The molecule has 2 heterocycles. The number of benzene rings is 1. The first-order valence-corrected chi connectivity index (χ1v) is 7.67. The Bertz CT molecular complexity index is 676. The molecule has 0 bridgehead atoms. The van der Waals surface area contributed by atoms with E-state index in [1.807, 2.05) is 6.07 Å². The van der Waals surface area contributed by atoms with Crippen LogP contribution in [0.4, 0.5) is 11.4 Å². The summed E-state index contributed by atoms with van der Waals surface area (Å²) in [5, 5.41) is 8.91. The van der Waals surface area contributed by atoms with Crippen LogP contribution in [-0.4, -0.2) is 24.9 Å². The fraction of sp³-hybridized carbons (Fsp3) is 0.294. The lowest BCUT2D eigenvalue weighted by molar-refractivity contribution is -0.120. The van der Waals surface area contributed by atoms with Crippen molar-refractivity contribution in [3.8, 4) is 0 Å². The maximum absolute atomic E-state index is 12.2. The number of piperidine rings is 1. The van der Waals surface area contributed by atoms with Crippen LogP contribution in [0, 0.1) is 5.92 Å². The van der Waals surface area contributed by atoms with Crippen LogP contribution in [0.2, 0.25) is 0 Å². The Hall–Kier alpha value is -2.60. The van der Waals surface area contributed by atoms with Crippen LogP contribution in [-0.2, 0) is 4.79 Å². The lowest BCUT2D eigenvalue weighted by atomic mass is 9.99. The molecule has 1 aromatic heterocycles. The third-order valence-electron chi connectivity index (χ3n) is 3.84. The van der Waals surface area contributed by atoms with Crippen LogP contribution < -0.4 is 16.0 Å². The topological polar surface area (TPSA) is 83.4 Å². The molecule has 2 amide bonds. The summed E-state index contributed by atoms with van der Waals surface area (Å²) in [5.74, 6) is -0.248. The molecular formula is C17H19N3O3. The lowest BCUT2D eigenvalue weighted by Gasteiger charge is -2.22. The number of carbonyl (C=O) groups is 2. The summed E-state index contributed by atoms with van der Waals surface area (Å²) in [6, 6.07) is 8.71. The zero-order chi connectivity index (χ0) is 16.1. The summed E-state index contributed by atoms with van der Waals surface area (Å²) >= 11 is 0. The third-order valence-corrected chi connectivity index (χ3v) is 3.84. The van der Waals surface area contributed by atoms with Crippen molar-refractivity contribution in [3.63, 3.8) is 0 Å². The van der Waals surface area contributed by atoms with Gasteiger partial charge in [0.2, 0.25) is 5.91 Å². The summed E-state index contributed by atoms with van der Waals surface area (Å²) in [6.07, 6.45) is 4.75. The van der Waals surface area contributed by atoms with E-state index in [4.69, 9.17) is 4.42 Å². The molecule has 0 aliphatic carbocycles. The number of nitrogens with one attached hydrogen (secondary N) is 3. The van der Waals surface area contributed by atoms with E-state index < -0.39 is 0 Å². The average molecular weight is 313 g/mol. The molecule has 0 spiro atoms. The van der Waals surface area contributed by atoms with E-state index in [0.717, 1.165) is 19.4 Å². The normalized spacial score (nSPS) is 17.5. The van der Waals surface area contributed by atoms with Crippen molar-refractivity contribution >= 4 is 23.2 Å². The number of hydrogen-bond acceptors (Lipinski definition) is 4. The molecule has 1 fully saturated rings. The minimum absolute atomic E-state index is 0.00655. The first kappa shape index (κ1) is 15.3. The van der Waals surface area contributed by atoms with Crippen molar-refractivity contribution < 1.29 is 14.0 Å². The molecule has 1 saturated heterocycles. The Morgan fingerprint density at radius 3 is 2.70 bits per heavy atom. The second-order valence-electron chi connectivity index (χ2n) is 5.58. The molecule has 6 nitrogen and oxygen atoms in total. The standard InChI is InChI=1S/C17H19N3O3/c21-16(12-3-2-7-18-10-12)19-14-4-1-5-15(9-14)20-17(22)13-6-8-23-11-13/h1,4-6,8-9,11-12,18H,2-3,7,10H2,(H,19,21)(H,20,22). The highest BCUT2D eigenvalue weighted by molar-refractivity contribution is 6.04. The van der Waals surface area contributed by atoms with Crippen molar-refractivity contribution in [3.05, 3.63) is 48.4 Å². The molecule has 2 aromatic rings. The molecule has 6 heteroatoms. The zero-order valence-electron chi connectivity index (χ0n) is 12.7. The van der Waals surface area contributed by atoms with Crippen LogP contribution in [0.15, 0.2) is 47.3 Å². The van der Waals surface area contributed by atoms with Gasteiger partial charge in [0.1, 0.15) is 6.26 Å². The Morgan fingerprint density at radius 2 is 2.00 bits per heavy atom. The van der Waals surface area contributed by atoms with Gasteiger partial charge < -0.3 is 20.4 Å². The van der Waals surface area contributed by atoms with E-state index in [9.17, 15) is 9.59 Å². The van der Waals surface area contributed by atoms with Gasteiger partial charge in [0.05, 0.1) is 17.7 Å². The van der Waals surface area contributed by atoms with Crippen LogP contribution >= 0.6 is 0 Å². The predicted molar refractivity (Wildman–Crippen MR) is 87.3 cm³/mol. The van der Waals surface area contributed by atoms with Crippen molar-refractivity contribution in [1.82, 2.24) is 5.32 Å². The van der Waals surface area contributed by atoms with E-state index >= 15 is 0 Å². The predicted octanol–water partition coefficient (Wildman–Crippen LogP) is 2.47. The molecule has 23 heavy (non-hydrogen) atoms. The first-order chi connectivity index (χ1) is 11.2. The third kappa shape index (κ3) is 3.98. The fourth-order valence-electron chi connectivity index (χ4n) is 2.59. The van der Waals surface area contributed by atoms with E-state index in [1.165, 1.54) is 12.5 Å². The van der Waals surface area contributed by atoms with Crippen molar-refractivity contribution in [2.24, 2.45) is 5.92 Å². The highest BCUT2D eigenvalue weighted by Crippen LogP contribution is 2.18. The molecular weight excluding hydrogens is 294 g/mol. The van der Waals surface area contributed by atoms with Gasteiger partial charge in [-0.25, -0.2) is 0 Å². The number of amides is 2. The molecule has 1 aromatic carbocycles. The Kier molecular flexibility index (Phi) is 4.73. The maximum atomic E-state index is 12.2. The highest BCUT2D eigenvalue weighted by Gasteiger charge is 2.20. The molecule has 1 unspecified atom stereocenters. The average Bonchev–Trinajstić information content (AvgIpc) is 3.10. The highest BCUT2D eigenvalue weighted by atomic mass is 16.3. The molecule has 1 atom stereocenters. The largest absolute Gasteiger partial charge is 0.472 e. The molecule has 0 radical (unpaired) electrons. The van der Waals surface area contributed by atoms with Gasteiger partial charge in [0.25, 0.3) is 5.91 Å². The van der Waals surface area contributed by atoms with Crippen molar-refractivity contribution in [2.45, 2.75) is 12.8 Å². The molecule has 1 aliphatic heterocycles. The van der Waals surface area contributed by atoms with Gasteiger partial charge in [-0.2, -0.15) is 0 Å². The van der Waals surface area contributed by atoms with E-state index in [2.05, 4.69) is 16.0 Å². The molecule has 1 aliphatic rings. The minimum Gasteiger partial charge on any atom is -0.472 e. The van der Waals surface area contributed by atoms with E-state index in [1.54, 1.807) is 24.3 Å². The second-order valence-corrected chi connectivity index (χ2v) is 5.58. The van der Waals surface area contributed by atoms with Gasteiger partial charge in [-0.1, -0.05) is 6.07 Å². The fourth-order valence-corrected chi connectivity index (χ4v) is 2.59. The maximum Gasteiger partial charge on any atom is 0.258 e. The van der Waals surface area contributed by atoms with Gasteiger partial charge in [-0.3, -0.25) is 9.59 Å². The summed E-state index contributed by atoms with van der Waals surface area (Å²) in [4.78, 5) is 24.2. The van der Waals surface area contributed by atoms with Gasteiger partial charge in [0.15, 0.2) is 0 Å². The quantitative estimate of drug-likeness (QED) is 0.809. The summed E-state index contributed by atoms with van der Waals surface area (Å²) in [5.41, 5.74) is 1.74. The summed E-state index contributed by atoms with van der Waals surface area (Å²) in [6.45, 7) is 1.68. The van der Waals surface area contributed by atoms with Gasteiger partial charge >= 0.3 is 0 Å². The Morgan fingerprint density at radius 1 is 1.17 bits per heavy atom. The minimum atomic E-state index is -0.251. The SMILES string of the molecule is O=C(Nc1cccc(NC(=O)C2CCCNC2)c1)c1ccoc1. The Labute approximate surface area is 134 Å². The van der Waals surface area contributed by atoms with Crippen LogP contribution in [0.25, 0.3) is 0 Å². The summed E-state index contributed by atoms with van der Waals surface area (Å²) in [7, 11) is 0. The number of anilines is 2. The van der Waals surface area contributed by atoms with Crippen molar-refractivity contribution in [1.29, 1.82) is 0 Å². The molecule has 3 N–H and O–H groups in total. The summed E-state index contributed by atoms with van der Waals surface area (Å²) < 4.78 is 4.89. The smallest absolute Gasteiger partial charge is 0.258 e. The molecule has 3 rings (SSSR count). The Balaban J connectivity index is 1.62. The number of furan rings is 1. The number of carbonyl (C=O) groups excluding carboxylic acids is 2. The first-order valence-electron chi connectivity index (χ1n) is 7.67.